The minimum atomic E-state index is -3.50. The highest BCUT2D eigenvalue weighted by molar-refractivity contribution is 7.88. The summed E-state index contributed by atoms with van der Waals surface area (Å²) < 4.78 is 38.5. The van der Waals surface area contributed by atoms with Crippen molar-refractivity contribution >= 4 is 21.6 Å². The highest BCUT2D eigenvalue weighted by Gasteiger charge is 2.21. The predicted octanol–water partition coefficient (Wildman–Crippen LogP) is 3.34. The molecule has 0 aliphatic carbocycles. The monoisotopic (exact) mass is 392 g/mol. The Morgan fingerprint density at radius 3 is 2.33 bits per heavy atom. The van der Waals surface area contributed by atoms with Crippen LogP contribution in [0.3, 0.4) is 0 Å². The van der Waals surface area contributed by atoms with Gasteiger partial charge in [-0.25, -0.2) is 12.8 Å². The van der Waals surface area contributed by atoms with Crippen molar-refractivity contribution in [2.75, 3.05) is 24.2 Å². The number of amides is 1. The van der Waals surface area contributed by atoms with Crippen molar-refractivity contribution in [3.8, 4) is 0 Å². The minimum absolute atomic E-state index is 0.0655. The molecule has 7 heteroatoms. The maximum Gasteiger partial charge on any atom is 0.228 e. The quantitative estimate of drug-likeness (QED) is 0.692. The van der Waals surface area contributed by atoms with Crippen LogP contribution in [-0.2, 0) is 21.4 Å². The fraction of sp³-hybridized carbons (Fsp3) is 0.350. The second-order valence-corrected chi connectivity index (χ2v) is 8.43. The van der Waals surface area contributed by atoms with Crippen molar-refractivity contribution in [1.29, 1.82) is 0 Å². The van der Waals surface area contributed by atoms with Crippen LogP contribution in [-0.4, -0.2) is 38.0 Å². The first-order chi connectivity index (χ1) is 12.7. The van der Waals surface area contributed by atoms with Gasteiger partial charge >= 0.3 is 0 Å². The molecule has 0 aliphatic rings. The summed E-state index contributed by atoms with van der Waals surface area (Å²) in [7, 11) is -3.50. The molecule has 0 saturated carbocycles. The number of sulfonamides is 1. The zero-order valence-electron chi connectivity index (χ0n) is 15.9. The lowest BCUT2D eigenvalue weighted by molar-refractivity contribution is -0.118. The van der Waals surface area contributed by atoms with Crippen molar-refractivity contribution in [3.05, 3.63) is 65.5 Å². The van der Waals surface area contributed by atoms with Crippen LogP contribution in [0.1, 0.15) is 24.5 Å². The highest BCUT2D eigenvalue weighted by atomic mass is 32.2. The van der Waals surface area contributed by atoms with Gasteiger partial charge in [-0.05, 0) is 49.2 Å². The third-order valence-electron chi connectivity index (χ3n) is 4.25. The molecular weight excluding hydrogens is 367 g/mol. The molecule has 0 aliphatic heterocycles. The number of carbonyl (C=O) groups excluding carboxylic acids is 1. The lowest BCUT2D eigenvalue weighted by Crippen LogP contribution is -2.36. The van der Waals surface area contributed by atoms with Crippen LogP contribution in [0.4, 0.5) is 10.1 Å². The summed E-state index contributed by atoms with van der Waals surface area (Å²) in [5.74, 6) is -0.521. The molecule has 2 aromatic carbocycles. The number of rotatable bonds is 8. The Hall–Kier alpha value is -2.25. The lowest BCUT2D eigenvalue weighted by atomic mass is 10.2. The highest BCUT2D eigenvalue weighted by Crippen LogP contribution is 2.17. The standard InChI is InChI=1S/C20H25FN2O3S/c1-4-23(19-7-5-6-16(2)14-19)20(24)12-13-22(27(3,25)26)15-17-8-10-18(21)11-9-17/h5-11,14H,4,12-13,15H2,1-3H3. The number of nitrogens with zero attached hydrogens (tertiary/aromatic N) is 2. The van der Waals surface area contributed by atoms with Crippen LogP contribution >= 0.6 is 0 Å². The predicted molar refractivity (Wildman–Crippen MR) is 105 cm³/mol. The molecule has 0 spiro atoms. The number of carbonyl (C=O) groups is 1. The molecule has 0 bridgehead atoms. The van der Waals surface area contributed by atoms with E-state index in [0.29, 0.717) is 12.1 Å². The van der Waals surface area contributed by atoms with E-state index in [2.05, 4.69) is 0 Å². The van der Waals surface area contributed by atoms with E-state index in [9.17, 15) is 17.6 Å². The van der Waals surface area contributed by atoms with Gasteiger partial charge in [-0.2, -0.15) is 4.31 Å². The van der Waals surface area contributed by atoms with E-state index >= 15 is 0 Å². The van der Waals surface area contributed by atoms with E-state index < -0.39 is 10.0 Å². The molecule has 2 rings (SSSR count). The van der Waals surface area contributed by atoms with Gasteiger partial charge in [0.1, 0.15) is 5.82 Å². The molecule has 0 atom stereocenters. The van der Waals surface area contributed by atoms with Gasteiger partial charge in [0, 0.05) is 31.7 Å². The van der Waals surface area contributed by atoms with Crippen molar-refractivity contribution in [1.82, 2.24) is 4.31 Å². The minimum Gasteiger partial charge on any atom is -0.313 e. The lowest BCUT2D eigenvalue weighted by Gasteiger charge is -2.24. The molecule has 0 radical (unpaired) electrons. The molecule has 0 unspecified atom stereocenters. The van der Waals surface area contributed by atoms with Gasteiger partial charge < -0.3 is 4.90 Å². The fourth-order valence-electron chi connectivity index (χ4n) is 2.81. The van der Waals surface area contributed by atoms with Crippen LogP contribution in [0.2, 0.25) is 0 Å². The summed E-state index contributed by atoms with van der Waals surface area (Å²) in [5.41, 5.74) is 2.51. The number of anilines is 1. The summed E-state index contributed by atoms with van der Waals surface area (Å²) in [6.45, 7) is 4.50. The van der Waals surface area contributed by atoms with E-state index in [4.69, 9.17) is 0 Å². The first-order valence-corrected chi connectivity index (χ1v) is 10.6. The molecule has 1 amide bonds. The van der Waals surface area contributed by atoms with Crippen molar-refractivity contribution in [2.45, 2.75) is 26.8 Å². The summed E-state index contributed by atoms with van der Waals surface area (Å²) in [5, 5.41) is 0. The third-order valence-corrected chi connectivity index (χ3v) is 5.50. The van der Waals surface area contributed by atoms with Gasteiger partial charge in [0.25, 0.3) is 0 Å². The third kappa shape index (κ3) is 6.15. The molecule has 0 heterocycles. The second-order valence-electron chi connectivity index (χ2n) is 6.45. The van der Waals surface area contributed by atoms with E-state index in [1.54, 1.807) is 17.0 Å². The number of aryl methyl sites for hydroxylation is 1. The Morgan fingerprint density at radius 2 is 1.78 bits per heavy atom. The van der Waals surface area contributed by atoms with E-state index in [-0.39, 0.29) is 31.2 Å². The molecule has 0 aromatic heterocycles. The van der Waals surface area contributed by atoms with Crippen LogP contribution in [0, 0.1) is 12.7 Å². The van der Waals surface area contributed by atoms with Crippen molar-refractivity contribution in [2.24, 2.45) is 0 Å². The van der Waals surface area contributed by atoms with Crippen LogP contribution < -0.4 is 4.90 Å². The van der Waals surface area contributed by atoms with Gasteiger partial charge in [0.2, 0.25) is 15.9 Å². The first kappa shape index (κ1) is 21.1. The Bertz CT molecular complexity index is 882. The Morgan fingerprint density at radius 1 is 1.11 bits per heavy atom. The molecule has 27 heavy (non-hydrogen) atoms. The van der Waals surface area contributed by atoms with Gasteiger partial charge in [-0.15, -0.1) is 0 Å². The molecular formula is C20H25FN2O3S. The fourth-order valence-corrected chi connectivity index (χ4v) is 3.62. The average molecular weight is 392 g/mol. The maximum atomic E-state index is 13.0. The van der Waals surface area contributed by atoms with Crippen molar-refractivity contribution in [3.63, 3.8) is 0 Å². The first-order valence-electron chi connectivity index (χ1n) is 8.77. The van der Waals surface area contributed by atoms with E-state index in [1.165, 1.54) is 16.4 Å². The maximum absolute atomic E-state index is 13.0. The van der Waals surface area contributed by atoms with Gasteiger partial charge in [-0.1, -0.05) is 24.3 Å². The second kappa shape index (κ2) is 9.10. The zero-order chi connectivity index (χ0) is 20.0. The van der Waals surface area contributed by atoms with E-state index in [1.807, 2.05) is 38.1 Å². The van der Waals surface area contributed by atoms with Crippen LogP contribution in [0.25, 0.3) is 0 Å². The molecule has 5 nitrogen and oxygen atoms in total. The normalized spacial score (nSPS) is 11.6. The summed E-state index contributed by atoms with van der Waals surface area (Å²) in [6.07, 6.45) is 1.18. The molecule has 0 saturated heterocycles. The topological polar surface area (TPSA) is 57.7 Å². The average Bonchev–Trinajstić information content (AvgIpc) is 2.60. The van der Waals surface area contributed by atoms with Gasteiger partial charge in [0.05, 0.1) is 6.26 Å². The molecule has 146 valence electrons. The van der Waals surface area contributed by atoms with Gasteiger partial charge in [-0.3, -0.25) is 4.79 Å². The van der Waals surface area contributed by atoms with Gasteiger partial charge in [0.15, 0.2) is 0 Å². The number of benzene rings is 2. The Labute approximate surface area is 160 Å². The smallest absolute Gasteiger partial charge is 0.228 e. The summed E-state index contributed by atoms with van der Waals surface area (Å²) in [6, 6.07) is 13.3. The van der Waals surface area contributed by atoms with E-state index in [0.717, 1.165) is 17.5 Å². The molecule has 0 N–H and O–H groups in total. The summed E-state index contributed by atoms with van der Waals surface area (Å²) in [4.78, 5) is 14.3. The SMILES string of the molecule is CCN(C(=O)CCN(Cc1ccc(F)cc1)S(C)(=O)=O)c1cccc(C)c1. The number of halogens is 1. The Kier molecular flexibility index (Phi) is 7.10. The molecule has 0 fully saturated rings. The van der Waals surface area contributed by atoms with Crippen LogP contribution in [0.15, 0.2) is 48.5 Å². The van der Waals surface area contributed by atoms with Crippen molar-refractivity contribution < 1.29 is 17.6 Å². The zero-order valence-corrected chi connectivity index (χ0v) is 16.7. The number of hydrogen-bond donors (Lipinski definition) is 0. The largest absolute Gasteiger partial charge is 0.313 e. The summed E-state index contributed by atoms with van der Waals surface area (Å²) >= 11 is 0. The molecule has 2 aromatic rings. The Balaban J connectivity index is 2.09. The van der Waals surface area contributed by atoms with Crippen LogP contribution in [0.5, 0.6) is 0 Å². The number of hydrogen-bond acceptors (Lipinski definition) is 3.